The molecule has 1 aromatic heterocycles. The number of rotatable bonds is 3. The molecule has 16 heavy (non-hydrogen) atoms. The second-order valence-electron chi connectivity index (χ2n) is 3.61. The first-order valence-electron chi connectivity index (χ1n) is 5.02. The highest BCUT2D eigenvalue weighted by Gasteiger charge is 2.10. The Morgan fingerprint density at radius 1 is 1.44 bits per heavy atom. The van der Waals surface area contributed by atoms with E-state index in [2.05, 4.69) is 4.98 Å². The highest BCUT2D eigenvalue weighted by Crippen LogP contribution is 2.15. The largest absolute Gasteiger partial charge is 0.448 e. The number of aromatic nitrogens is 1. The highest BCUT2D eigenvalue weighted by atomic mass is 19.1. The topological polar surface area (TPSA) is 46.3 Å². The molecule has 84 valence electrons. The molecule has 0 aliphatic heterocycles. The summed E-state index contributed by atoms with van der Waals surface area (Å²) in [6.45, 7) is 1.60. The molecule has 0 saturated heterocycles. The van der Waals surface area contributed by atoms with E-state index in [0.29, 0.717) is 23.6 Å². The second kappa shape index (κ2) is 4.45. The monoisotopic (exact) mass is 221 g/mol. The van der Waals surface area contributed by atoms with Crippen LogP contribution in [-0.2, 0) is 6.42 Å². The van der Waals surface area contributed by atoms with E-state index in [4.69, 9.17) is 4.42 Å². The molecule has 3 nitrogen and oxygen atoms in total. The van der Waals surface area contributed by atoms with Gasteiger partial charge < -0.3 is 9.52 Å². The number of hydrogen-bond donors (Lipinski definition) is 1. The van der Waals surface area contributed by atoms with Crippen molar-refractivity contribution in [2.24, 2.45) is 0 Å². The Hall–Kier alpha value is -1.68. The summed E-state index contributed by atoms with van der Waals surface area (Å²) in [6, 6.07) is 6.47. The lowest BCUT2D eigenvalue weighted by Gasteiger charge is -1.98. The zero-order valence-electron chi connectivity index (χ0n) is 8.85. The Bertz CT molecular complexity index is 479. The second-order valence-corrected chi connectivity index (χ2v) is 3.61. The van der Waals surface area contributed by atoms with Crippen LogP contribution in [0.15, 0.2) is 34.9 Å². The molecule has 0 radical (unpaired) electrons. The maximum absolute atomic E-state index is 13.3. The van der Waals surface area contributed by atoms with E-state index >= 15 is 0 Å². The minimum absolute atomic E-state index is 0.278. The van der Waals surface area contributed by atoms with E-state index in [1.807, 2.05) is 0 Å². The van der Waals surface area contributed by atoms with Gasteiger partial charge in [-0.25, -0.2) is 9.37 Å². The van der Waals surface area contributed by atoms with Crippen LogP contribution in [0.4, 0.5) is 4.39 Å². The van der Waals surface area contributed by atoms with Gasteiger partial charge in [0.25, 0.3) is 0 Å². The summed E-state index contributed by atoms with van der Waals surface area (Å²) in [5, 5.41) is 9.26. The first kappa shape index (κ1) is 10.8. The molecule has 0 aliphatic rings. The van der Waals surface area contributed by atoms with Crippen LogP contribution in [0.5, 0.6) is 0 Å². The summed E-state index contributed by atoms with van der Waals surface area (Å²) in [6.07, 6.45) is 1.01. The summed E-state index contributed by atoms with van der Waals surface area (Å²) >= 11 is 0. The Morgan fingerprint density at radius 3 is 2.81 bits per heavy atom. The third-order valence-corrected chi connectivity index (χ3v) is 2.30. The number of oxazole rings is 1. The molecular formula is C12H12FNO2. The van der Waals surface area contributed by atoms with Gasteiger partial charge in [-0.15, -0.1) is 0 Å². The van der Waals surface area contributed by atoms with Crippen LogP contribution in [0.1, 0.15) is 30.2 Å². The number of halogens is 1. The lowest BCUT2D eigenvalue weighted by molar-refractivity contribution is 0.194. The molecule has 4 heteroatoms. The number of hydrogen-bond acceptors (Lipinski definition) is 3. The van der Waals surface area contributed by atoms with E-state index < -0.39 is 6.10 Å². The highest BCUT2D eigenvalue weighted by molar-refractivity contribution is 5.20. The first-order valence-corrected chi connectivity index (χ1v) is 5.02. The molecule has 1 N–H and O–H groups in total. The average molecular weight is 221 g/mol. The lowest BCUT2D eigenvalue weighted by Crippen LogP contribution is -1.95. The minimum Gasteiger partial charge on any atom is -0.448 e. The summed E-state index contributed by atoms with van der Waals surface area (Å²) in [5.41, 5.74) is 0.993. The van der Waals surface area contributed by atoms with Gasteiger partial charge in [0.05, 0.1) is 12.5 Å². The van der Waals surface area contributed by atoms with E-state index in [9.17, 15) is 9.50 Å². The molecule has 0 aliphatic carbocycles. The molecule has 2 aromatic rings. The van der Waals surface area contributed by atoms with Crippen molar-refractivity contribution < 1.29 is 13.9 Å². The van der Waals surface area contributed by atoms with E-state index in [1.165, 1.54) is 12.3 Å². The van der Waals surface area contributed by atoms with Crippen molar-refractivity contribution in [1.82, 2.24) is 4.98 Å². The molecule has 1 heterocycles. The van der Waals surface area contributed by atoms with Gasteiger partial charge >= 0.3 is 0 Å². The molecule has 0 fully saturated rings. The van der Waals surface area contributed by atoms with Gasteiger partial charge in [0.2, 0.25) is 0 Å². The Kier molecular flexibility index (Phi) is 3.01. The lowest BCUT2D eigenvalue weighted by atomic mass is 10.1. The standard InChI is InChI=1S/C12H12FNO2/c1-8(15)11-7-16-12(14-11)6-9-4-2-3-5-10(9)13/h2-5,7-8,15H,6H2,1H3. The van der Waals surface area contributed by atoms with Crippen molar-refractivity contribution in [3.63, 3.8) is 0 Å². The quantitative estimate of drug-likeness (QED) is 0.865. The fourth-order valence-corrected chi connectivity index (χ4v) is 1.40. The fraction of sp³-hybridized carbons (Fsp3) is 0.250. The summed E-state index contributed by atoms with van der Waals surface area (Å²) < 4.78 is 18.5. The van der Waals surface area contributed by atoms with Crippen LogP contribution in [0, 0.1) is 5.82 Å². The average Bonchev–Trinajstić information content (AvgIpc) is 2.70. The zero-order chi connectivity index (χ0) is 11.5. The van der Waals surface area contributed by atoms with Crippen molar-refractivity contribution in [3.8, 4) is 0 Å². The van der Waals surface area contributed by atoms with E-state index in [-0.39, 0.29) is 5.82 Å². The maximum Gasteiger partial charge on any atom is 0.198 e. The van der Waals surface area contributed by atoms with Gasteiger partial charge in [-0.1, -0.05) is 18.2 Å². The maximum atomic E-state index is 13.3. The fourth-order valence-electron chi connectivity index (χ4n) is 1.40. The van der Waals surface area contributed by atoms with Crippen molar-refractivity contribution in [1.29, 1.82) is 0 Å². The van der Waals surface area contributed by atoms with Crippen LogP contribution in [0.25, 0.3) is 0 Å². The number of aliphatic hydroxyl groups excluding tert-OH is 1. The van der Waals surface area contributed by atoms with Crippen LogP contribution in [-0.4, -0.2) is 10.1 Å². The molecule has 1 aromatic carbocycles. The summed E-state index contributed by atoms with van der Waals surface area (Å²) in [7, 11) is 0. The third-order valence-electron chi connectivity index (χ3n) is 2.30. The Balaban J connectivity index is 2.18. The predicted octanol–water partition coefficient (Wildman–Crippen LogP) is 2.46. The molecule has 2 rings (SSSR count). The van der Waals surface area contributed by atoms with Gasteiger partial charge in [0.15, 0.2) is 5.89 Å². The first-order chi connectivity index (χ1) is 7.66. The summed E-state index contributed by atoms with van der Waals surface area (Å²) in [4.78, 5) is 4.06. The normalized spacial score (nSPS) is 12.7. The predicted molar refractivity (Wildman–Crippen MR) is 56.3 cm³/mol. The molecule has 0 spiro atoms. The van der Waals surface area contributed by atoms with Crippen molar-refractivity contribution in [2.45, 2.75) is 19.4 Å². The molecule has 0 saturated carbocycles. The van der Waals surface area contributed by atoms with Crippen LogP contribution >= 0.6 is 0 Å². The number of benzene rings is 1. The molecular weight excluding hydrogens is 209 g/mol. The van der Waals surface area contributed by atoms with Crippen molar-refractivity contribution in [2.75, 3.05) is 0 Å². The van der Waals surface area contributed by atoms with Gasteiger partial charge in [-0.2, -0.15) is 0 Å². The van der Waals surface area contributed by atoms with Crippen molar-refractivity contribution >= 4 is 0 Å². The Labute approximate surface area is 92.6 Å². The van der Waals surface area contributed by atoms with Gasteiger partial charge in [0.1, 0.15) is 17.8 Å². The molecule has 1 atom stereocenters. The minimum atomic E-state index is -0.668. The third kappa shape index (κ3) is 2.28. The van der Waals surface area contributed by atoms with Crippen LogP contribution in [0.2, 0.25) is 0 Å². The van der Waals surface area contributed by atoms with E-state index in [0.717, 1.165) is 0 Å². The Morgan fingerprint density at radius 2 is 2.19 bits per heavy atom. The summed E-state index contributed by atoms with van der Waals surface area (Å²) in [5.74, 6) is 0.125. The van der Waals surface area contributed by atoms with Crippen LogP contribution < -0.4 is 0 Å². The van der Waals surface area contributed by atoms with Gasteiger partial charge in [-0.05, 0) is 18.6 Å². The van der Waals surface area contributed by atoms with Gasteiger partial charge in [-0.3, -0.25) is 0 Å². The number of nitrogens with zero attached hydrogens (tertiary/aromatic N) is 1. The van der Waals surface area contributed by atoms with Crippen molar-refractivity contribution in [3.05, 3.63) is 53.5 Å². The molecule has 1 unspecified atom stereocenters. The van der Waals surface area contributed by atoms with Gasteiger partial charge in [0, 0.05) is 0 Å². The van der Waals surface area contributed by atoms with Crippen LogP contribution in [0.3, 0.4) is 0 Å². The molecule has 0 amide bonds. The SMILES string of the molecule is CC(O)c1coc(Cc2ccccc2F)n1. The number of aliphatic hydroxyl groups is 1. The molecule has 0 bridgehead atoms. The smallest absolute Gasteiger partial charge is 0.198 e. The van der Waals surface area contributed by atoms with E-state index in [1.54, 1.807) is 25.1 Å². The zero-order valence-corrected chi connectivity index (χ0v) is 8.85.